The van der Waals surface area contributed by atoms with Crippen LogP contribution in [0.4, 0.5) is 0 Å². The molecule has 0 saturated heterocycles. The Labute approximate surface area is 115 Å². The molecular formula is C14H12O4S. The maximum Gasteiger partial charge on any atom is 0.336 e. The molecule has 2 aromatic rings. The molecule has 0 bridgehead atoms. The Bertz CT molecular complexity index is 534. The van der Waals surface area contributed by atoms with Gasteiger partial charge in [-0.3, -0.25) is 0 Å². The lowest BCUT2D eigenvalue weighted by Gasteiger charge is -1.98. The number of hydrogen-bond acceptors (Lipinski definition) is 3. The fraction of sp³-hybridized carbons (Fsp3) is 0. The number of hydrogen-bond donors (Lipinski definition) is 3. The summed E-state index contributed by atoms with van der Waals surface area (Å²) in [5.74, 6) is -2.46. The van der Waals surface area contributed by atoms with Crippen molar-refractivity contribution in [2.24, 2.45) is 0 Å². The third kappa shape index (κ3) is 4.85. The molecule has 4 nitrogen and oxygen atoms in total. The summed E-state index contributed by atoms with van der Waals surface area (Å²) >= 11 is 4.08. The van der Waals surface area contributed by atoms with E-state index in [4.69, 9.17) is 10.2 Å². The number of aromatic carboxylic acids is 2. The Morgan fingerprint density at radius 3 is 1.37 bits per heavy atom. The molecule has 0 heterocycles. The second kappa shape index (κ2) is 7.23. The molecule has 0 aliphatic heterocycles. The molecule has 2 N–H and O–H groups in total. The Morgan fingerprint density at radius 1 is 0.737 bits per heavy atom. The summed E-state index contributed by atoms with van der Waals surface area (Å²) in [7, 11) is 0. The Balaban J connectivity index is 0.000000218. The molecule has 0 amide bonds. The van der Waals surface area contributed by atoms with Crippen LogP contribution in [0.15, 0.2) is 59.5 Å². The van der Waals surface area contributed by atoms with E-state index >= 15 is 0 Å². The van der Waals surface area contributed by atoms with Gasteiger partial charge in [-0.25, -0.2) is 9.59 Å². The molecule has 0 aliphatic rings. The standard InChI is InChI=1S/C8H6O4.C6H6S/c9-7(10)5-3-1-2-4-6(5)8(11)12;7-6-4-2-1-3-5-6/h1-4H,(H,9,10)(H,11,12);1-5,7H. The normalized spacial score (nSPS) is 9.11. The molecule has 0 atom stereocenters. The fourth-order valence-corrected chi connectivity index (χ4v) is 1.46. The van der Waals surface area contributed by atoms with Crippen molar-refractivity contribution in [1.29, 1.82) is 0 Å². The van der Waals surface area contributed by atoms with Crippen LogP contribution in [-0.2, 0) is 0 Å². The van der Waals surface area contributed by atoms with Crippen molar-refractivity contribution in [1.82, 2.24) is 0 Å². The van der Waals surface area contributed by atoms with Crippen LogP contribution in [0.25, 0.3) is 0 Å². The maximum absolute atomic E-state index is 10.5. The average Bonchev–Trinajstić information content (AvgIpc) is 2.40. The smallest absolute Gasteiger partial charge is 0.336 e. The predicted octanol–water partition coefficient (Wildman–Crippen LogP) is 3.06. The second-order valence-corrected chi connectivity index (χ2v) is 4.01. The number of carboxylic acid groups (broad SMARTS) is 2. The van der Waals surface area contributed by atoms with Gasteiger partial charge in [0.2, 0.25) is 0 Å². The van der Waals surface area contributed by atoms with Crippen molar-refractivity contribution in [3.63, 3.8) is 0 Å². The van der Waals surface area contributed by atoms with Gasteiger partial charge in [0.25, 0.3) is 0 Å². The summed E-state index contributed by atoms with van der Waals surface area (Å²) in [5.41, 5.74) is -0.380. The Morgan fingerprint density at radius 2 is 1.11 bits per heavy atom. The average molecular weight is 276 g/mol. The van der Waals surface area contributed by atoms with E-state index in [-0.39, 0.29) is 11.1 Å². The van der Waals surface area contributed by atoms with Gasteiger partial charge in [-0.15, -0.1) is 12.6 Å². The molecule has 2 rings (SSSR count). The first-order chi connectivity index (χ1) is 9.02. The zero-order valence-electron chi connectivity index (χ0n) is 9.85. The largest absolute Gasteiger partial charge is 0.478 e. The first-order valence-electron chi connectivity index (χ1n) is 5.32. The third-order valence-corrected chi connectivity index (χ3v) is 2.44. The van der Waals surface area contributed by atoms with Crippen molar-refractivity contribution in [2.75, 3.05) is 0 Å². The van der Waals surface area contributed by atoms with E-state index in [2.05, 4.69) is 12.6 Å². The molecule has 0 saturated carbocycles. The highest BCUT2D eigenvalue weighted by atomic mass is 32.1. The van der Waals surface area contributed by atoms with Crippen molar-refractivity contribution in [3.8, 4) is 0 Å². The van der Waals surface area contributed by atoms with E-state index < -0.39 is 11.9 Å². The molecule has 0 radical (unpaired) electrons. The van der Waals surface area contributed by atoms with E-state index in [0.29, 0.717) is 0 Å². The SMILES string of the molecule is O=C(O)c1ccccc1C(=O)O.Sc1ccccc1. The lowest BCUT2D eigenvalue weighted by atomic mass is 10.1. The fourth-order valence-electron chi connectivity index (χ4n) is 1.28. The highest BCUT2D eigenvalue weighted by Gasteiger charge is 2.13. The number of rotatable bonds is 2. The van der Waals surface area contributed by atoms with Gasteiger partial charge >= 0.3 is 11.9 Å². The third-order valence-electron chi connectivity index (χ3n) is 2.14. The molecule has 0 spiro atoms. The van der Waals surface area contributed by atoms with E-state index in [1.165, 1.54) is 24.3 Å². The minimum Gasteiger partial charge on any atom is -0.478 e. The maximum atomic E-state index is 10.5. The number of thiol groups is 1. The van der Waals surface area contributed by atoms with E-state index in [9.17, 15) is 9.59 Å². The van der Waals surface area contributed by atoms with Crippen LogP contribution in [-0.4, -0.2) is 22.2 Å². The lowest BCUT2D eigenvalue weighted by Crippen LogP contribution is -2.06. The van der Waals surface area contributed by atoms with Gasteiger partial charge in [-0.1, -0.05) is 30.3 Å². The lowest BCUT2D eigenvalue weighted by molar-refractivity contribution is 0.0651. The van der Waals surface area contributed by atoms with Gasteiger partial charge in [-0.05, 0) is 24.3 Å². The van der Waals surface area contributed by atoms with Crippen LogP contribution in [0.3, 0.4) is 0 Å². The van der Waals surface area contributed by atoms with Gasteiger partial charge in [-0.2, -0.15) is 0 Å². The zero-order valence-corrected chi connectivity index (χ0v) is 10.7. The molecule has 0 fully saturated rings. The number of benzene rings is 2. The van der Waals surface area contributed by atoms with Crippen LogP contribution < -0.4 is 0 Å². The molecular weight excluding hydrogens is 264 g/mol. The van der Waals surface area contributed by atoms with E-state index in [0.717, 1.165) is 4.90 Å². The quantitative estimate of drug-likeness (QED) is 0.737. The van der Waals surface area contributed by atoms with E-state index in [1.54, 1.807) is 0 Å². The summed E-state index contributed by atoms with van der Waals surface area (Å²) in [4.78, 5) is 21.9. The van der Waals surface area contributed by atoms with Crippen LogP contribution in [0.5, 0.6) is 0 Å². The first-order valence-corrected chi connectivity index (χ1v) is 5.76. The Kier molecular flexibility index (Phi) is 5.63. The Hall–Kier alpha value is -2.27. The molecule has 0 aliphatic carbocycles. The summed E-state index contributed by atoms with van der Waals surface area (Å²) in [5, 5.41) is 17.1. The monoisotopic (exact) mass is 276 g/mol. The molecule has 5 heteroatoms. The van der Waals surface area contributed by atoms with Crippen molar-refractivity contribution < 1.29 is 19.8 Å². The molecule has 0 unspecified atom stereocenters. The van der Waals surface area contributed by atoms with Crippen LogP contribution in [0.1, 0.15) is 20.7 Å². The van der Waals surface area contributed by atoms with Crippen molar-refractivity contribution >= 4 is 24.6 Å². The second-order valence-electron chi connectivity index (χ2n) is 3.49. The topological polar surface area (TPSA) is 74.6 Å². The van der Waals surface area contributed by atoms with Gasteiger partial charge in [0.05, 0.1) is 11.1 Å². The summed E-state index contributed by atoms with van der Waals surface area (Å²) < 4.78 is 0. The summed E-state index contributed by atoms with van der Waals surface area (Å²) in [6, 6.07) is 15.3. The van der Waals surface area contributed by atoms with Crippen LogP contribution in [0, 0.1) is 0 Å². The van der Waals surface area contributed by atoms with Crippen molar-refractivity contribution in [2.45, 2.75) is 4.90 Å². The van der Waals surface area contributed by atoms with Gasteiger partial charge in [0, 0.05) is 4.90 Å². The van der Waals surface area contributed by atoms with Crippen molar-refractivity contribution in [3.05, 3.63) is 65.7 Å². The molecule has 2 aromatic carbocycles. The zero-order chi connectivity index (χ0) is 14.3. The minimum absolute atomic E-state index is 0.190. The summed E-state index contributed by atoms with van der Waals surface area (Å²) in [6.07, 6.45) is 0. The minimum atomic E-state index is -1.23. The first kappa shape index (κ1) is 14.8. The summed E-state index contributed by atoms with van der Waals surface area (Å²) in [6.45, 7) is 0. The number of carboxylic acids is 2. The van der Waals surface area contributed by atoms with Gasteiger partial charge in [0.15, 0.2) is 0 Å². The molecule has 19 heavy (non-hydrogen) atoms. The highest BCUT2D eigenvalue weighted by molar-refractivity contribution is 7.80. The molecule has 98 valence electrons. The molecule has 0 aromatic heterocycles. The van der Waals surface area contributed by atoms with Gasteiger partial charge in [0.1, 0.15) is 0 Å². The predicted molar refractivity (Wildman–Crippen MR) is 74.1 cm³/mol. The highest BCUT2D eigenvalue weighted by Crippen LogP contribution is 2.07. The van der Waals surface area contributed by atoms with Crippen LogP contribution in [0.2, 0.25) is 0 Å². The van der Waals surface area contributed by atoms with Gasteiger partial charge < -0.3 is 10.2 Å². The number of carbonyl (C=O) groups is 2. The van der Waals surface area contributed by atoms with Crippen LogP contribution >= 0.6 is 12.6 Å². The van der Waals surface area contributed by atoms with E-state index in [1.807, 2.05) is 30.3 Å².